The Hall–Kier alpha value is -1.66. The SMILES string of the molecule is COCCn1cc(-c2ccc3c(Br)cnn3c2)cn1. The molecule has 0 aliphatic heterocycles. The number of nitrogens with zero attached hydrogens (tertiary/aromatic N) is 4. The fraction of sp³-hybridized carbons (Fsp3) is 0.231. The van der Waals surface area contributed by atoms with Crippen LogP contribution in [-0.2, 0) is 11.3 Å². The first-order valence-electron chi connectivity index (χ1n) is 5.92. The predicted molar refractivity (Wildman–Crippen MR) is 76.0 cm³/mol. The topological polar surface area (TPSA) is 44.4 Å². The molecule has 5 nitrogen and oxygen atoms in total. The van der Waals surface area contributed by atoms with Crippen LogP contribution in [-0.4, -0.2) is 33.1 Å². The normalized spacial score (nSPS) is 11.3. The van der Waals surface area contributed by atoms with Crippen LogP contribution in [0.15, 0.2) is 41.4 Å². The van der Waals surface area contributed by atoms with Gasteiger partial charge in [-0.2, -0.15) is 10.2 Å². The zero-order valence-corrected chi connectivity index (χ0v) is 12.0. The number of rotatable bonds is 4. The summed E-state index contributed by atoms with van der Waals surface area (Å²) in [5, 5.41) is 8.60. The summed E-state index contributed by atoms with van der Waals surface area (Å²) in [5.41, 5.74) is 3.21. The van der Waals surface area contributed by atoms with Crippen molar-refractivity contribution in [2.75, 3.05) is 13.7 Å². The second kappa shape index (κ2) is 5.14. The Balaban J connectivity index is 1.92. The smallest absolute Gasteiger partial charge is 0.0804 e. The third-order valence-corrected chi connectivity index (χ3v) is 3.57. The first kappa shape index (κ1) is 12.4. The molecule has 98 valence electrons. The van der Waals surface area contributed by atoms with Gasteiger partial charge in [0, 0.05) is 30.6 Å². The number of halogens is 1. The molecule has 0 unspecified atom stereocenters. The third-order valence-electron chi connectivity index (χ3n) is 2.96. The van der Waals surface area contributed by atoms with Gasteiger partial charge in [0.1, 0.15) is 0 Å². The average Bonchev–Trinajstić information content (AvgIpc) is 3.04. The Morgan fingerprint density at radius 3 is 2.89 bits per heavy atom. The van der Waals surface area contributed by atoms with Gasteiger partial charge in [-0.05, 0) is 22.0 Å². The molecule has 0 saturated heterocycles. The van der Waals surface area contributed by atoms with Gasteiger partial charge in [0.15, 0.2) is 0 Å². The van der Waals surface area contributed by atoms with E-state index < -0.39 is 0 Å². The molecule has 6 heteroatoms. The Morgan fingerprint density at radius 1 is 1.16 bits per heavy atom. The van der Waals surface area contributed by atoms with Crippen molar-refractivity contribution in [3.8, 4) is 11.1 Å². The number of fused-ring (bicyclic) bond motifs is 1. The van der Waals surface area contributed by atoms with E-state index in [2.05, 4.69) is 32.2 Å². The molecular weight excluding hydrogens is 308 g/mol. The predicted octanol–water partition coefficient (Wildman–Crippen LogP) is 2.61. The van der Waals surface area contributed by atoms with Crippen molar-refractivity contribution < 1.29 is 4.74 Å². The summed E-state index contributed by atoms with van der Waals surface area (Å²) in [5.74, 6) is 0. The lowest BCUT2D eigenvalue weighted by Crippen LogP contribution is -2.03. The van der Waals surface area contributed by atoms with Gasteiger partial charge in [0.05, 0.1) is 35.5 Å². The summed E-state index contributed by atoms with van der Waals surface area (Å²) >= 11 is 3.47. The summed E-state index contributed by atoms with van der Waals surface area (Å²) in [7, 11) is 1.69. The molecule has 19 heavy (non-hydrogen) atoms. The molecule has 3 heterocycles. The van der Waals surface area contributed by atoms with Crippen LogP contribution in [0.3, 0.4) is 0 Å². The molecule has 0 N–H and O–H groups in total. The van der Waals surface area contributed by atoms with Crippen LogP contribution >= 0.6 is 15.9 Å². The van der Waals surface area contributed by atoms with Gasteiger partial charge in [-0.3, -0.25) is 4.68 Å². The number of aromatic nitrogens is 4. The number of methoxy groups -OCH3 is 1. The van der Waals surface area contributed by atoms with E-state index >= 15 is 0 Å². The fourth-order valence-corrected chi connectivity index (χ4v) is 2.35. The average molecular weight is 321 g/mol. The van der Waals surface area contributed by atoms with E-state index in [1.807, 2.05) is 33.9 Å². The van der Waals surface area contributed by atoms with Crippen molar-refractivity contribution in [1.29, 1.82) is 0 Å². The monoisotopic (exact) mass is 320 g/mol. The minimum Gasteiger partial charge on any atom is -0.383 e. The molecule has 0 spiro atoms. The van der Waals surface area contributed by atoms with Gasteiger partial charge in [-0.25, -0.2) is 4.52 Å². The van der Waals surface area contributed by atoms with Crippen molar-refractivity contribution in [3.05, 3.63) is 41.4 Å². The van der Waals surface area contributed by atoms with E-state index in [4.69, 9.17) is 4.74 Å². The Kier molecular flexibility index (Phi) is 3.35. The van der Waals surface area contributed by atoms with Crippen molar-refractivity contribution in [2.24, 2.45) is 0 Å². The van der Waals surface area contributed by atoms with Gasteiger partial charge in [0.2, 0.25) is 0 Å². The van der Waals surface area contributed by atoms with Crippen LogP contribution in [0.4, 0.5) is 0 Å². The van der Waals surface area contributed by atoms with E-state index in [0.717, 1.165) is 27.7 Å². The molecule has 0 fully saturated rings. The molecule has 0 bridgehead atoms. The maximum Gasteiger partial charge on any atom is 0.0804 e. The minimum atomic E-state index is 0.659. The molecule has 3 aromatic heterocycles. The number of pyridine rings is 1. The number of ether oxygens (including phenoxy) is 1. The van der Waals surface area contributed by atoms with Gasteiger partial charge in [0.25, 0.3) is 0 Å². The zero-order valence-electron chi connectivity index (χ0n) is 10.5. The lowest BCUT2D eigenvalue weighted by atomic mass is 10.1. The van der Waals surface area contributed by atoms with Crippen molar-refractivity contribution in [2.45, 2.75) is 6.54 Å². The molecule has 0 amide bonds. The summed E-state index contributed by atoms with van der Waals surface area (Å²) in [6.07, 6.45) is 7.66. The lowest BCUT2D eigenvalue weighted by Gasteiger charge is -2.00. The Bertz CT molecular complexity index is 704. The number of hydrogen-bond donors (Lipinski definition) is 0. The highest BCUT2D eigenvalue weighted by molar-refractivity contribution is 9.10. The molecule has 0 aliphatic carbocycles. The van der Waals surface area contributed by atoms with E-state index in [1.54, 1.807) is 13.3 Å². The Labute approximate surface area is 118 Å². The molecule has 0 radical (unpaired) electrons. The first-order chi connectivity index (χ1) is 9.28. The summed E-state index contributed by atoms with van der Waals surface area (Å²) in [4.78, 5) is 0. The second-order valence-corrected chi connectivity index (χ2v) is 5.08. The summed E-state index contributed by atoms with van der Waals surface area (Å²) in [6.45, 7) is 1.42. The van der Waals surface area contributed by atoms with Crippen molar-refractivity contribution in [3.63, 3.8) is 0 Å². The minimum absolute atomic E-state index is 0.659. The van der Waals surface area contributed by atoms with Gasteiger partial charge < -0.3 is 4.74 Å². The van der Waals surface area contributed by atoms with Crippen LogP contribution in [0.2, 0.25) is 0 Å². The van der Waals surface area contributed by atoms with Crippen LogP contribution in [0.1, 0.15) is 0 Å². The molecule has 0 saturated carbocycles. The van der Waals surface area contributed by atoms with Crippen LogP contribution in [0.5, 0.6) is 0 Å². The van der Waals surface area contributed by atoms with Crippen LogP contribution < -0.4 is 0 Å². The van der Waals surface area contributed by atoms with Gasteiger partial charge in [-0.15, -0.1) is 0 Å². The first-order valence-corrected chi connectivity index (χ1v) is 6.72. The number of hydrogen-bond acceptors (Lipinski definition) is 3. The van der Waals surface area contributed by atoms with Gasteiger partial charge in [-0.1, -0.05) is 6.07 Å². The molecule has 3 rings (SSSR count). The van der Waals surface area contributed by atoms with E-state index in [1.165, 1.54) is 0 Å². The van der Waals surface area contributed by atoms with E-state index in [0.29, 0.717) is 6.61 Å². The molecule has 0 atom stereocenters. The highest BCUT2D eigenvalue weighted by atomic mass is 79.9. The highest BCUT2D eigenvalue weighted by Crippen LogP contribution is 2.23. The van der Waals surface area contributed by atoms with Crippen LogP contribution in [0.25, 0.3) is 16.6 Å². The summed E-state index contributed by atoms with van der Waals surface area (Å²) in [6, 6.07) is 4.11. The van der Waals surface area contributed by atoms with Crippen LogP contribution in [0, 0.1) is 0 Å². The summed E-state index contributed by atoms with van der Waals surface area (Å²) < 4.78 is 9.77. The van der Waals surface area contributed by atoms with E-state index in [9.17, 15) is 0 Å². The maximum atomic E-state index is 5.04. The van der Waals surface area contributed by atoms with E-state index in [-0.39, 0.29) is 0 Å². The Morgan fingerprint density at radius 2 is 2.05 bits per heavy atom. The highest BCUT2D eigenvalue weighted by Gasteiger charge is 2.05. The maximum absolute atomic E-state index is 5.04. The molecular formula is C13H13BrN4O. The standard InChI is InChI=1S/C13H13BrN4O/c1-19-5-4-17-8-11(6-15-17)10-2-3-13-12(14)7-16-18(13)9-10/h2-3,6-9H,4-5H2,1H3. The van der Waals surface area contributed by atoms with Crippen molar-refractivity contribution in [1.82, 2.24) is 19.4 Å². The molecule has 0 aliphatic rings. The van der Waals surface area contributed by atoms with Crippen molar-refractivity contribution >= 4 is 21.4 Å². The third kappa shape index (κ3) is 2.41. The zero-order chi connectivity index (χ0) is 13.2. The quantitative estimate of drug-likeness (QED) is 0.742. The lowest BCUT2D eigenvalue weighted by molar-refractivity contribution is 0.183. The fourth-order valence-electron chi connectivity index (χ4n) is 1.94. The molecule has 0 aromatic carbocycles. The molecule has 3 aromatic rings. The van der Waals surface area contributed by atoms with Gasteiger partial charge >= 0.3 is 0 Å². The largest absolute Gasteiger partial charge is 0.383 e. The second-order valence-electron chi connectivity index (χ2n) is 4.22.